The number of Topliss-reactive ketones (excluding diaryl/α,β-unsaturated/α-hetero) is 1. The molecule has 0 aliphatic carbocycles. The van der Waals surface area contributed by atoms with Gasteiger partial charge in [0.1, 0.15) is 6.61 Å². The number of benzene rings is 1. The van der Waals surface area contributed by atoms with Gasteiger partial charge < -0.3 is 15.2 Å². The summed E-state index contributed by atoms with van der Waals surface area (Å²) >= 11 is 3.30. The summed E-state index contributed by atoms with van der Waals surface area (Å²) in [6, 6.07) is 3.41. The van der Waals surface area contributed by atoms with Crippen LogP contribution in [0.4, 0.5) is 5.69 Å². The molecule has 0 aliphatic heterocycles. The van der Waals surface area contributed by atoms with Crippen LogP contribution in [0.1, 0.15) is 24.2 Å². The molecule has 1 atom stereocenters. The second-order valence-corrected chi connectivity index (χ2v) is 4.70. The second kappa shape index (κ2) is 6.02. The number of methoxy groups -OCH3 is 1. The van der Waals surface area contributed by atoms with Gasteiger partial charge in [0.15, 0.2) is 11.5 Å². The van der Waals surface area contributed by atoms with Gasteiger partial charge in [0.2, 0.25) is 0 Å². The van der Waals surface area contributed by atoms with Crippen molar-refractivity contribution in [1.82, 2.24) is 0 Å². The Balaban J connectivity index is 3.00. The third kappa shape index (κ3) is 3.71. The van der Waals surface area contributed by atoms with Crippen LogP contribution in [0.25, 0.3) is 0 Å². The van der Waals surface area contributed by atoms with Crippen LogP contribution in [0.5, 0.6) is 5.75 Å². The molecular weight excluding hydrogens is 286 g/mol. The van der Waals surface area contributed by atoms with E-state index in [4.69, 9.17) is 15.2 Å². The maximum Gasteiger partial charge on any atom is 0.163 e. The van der Waals surface area contributed by atoms with E-state index >= 15 is 0 Å². The molecule has 94 valence electrons. The quantitative estimate of drug-likeness (QED) is 0.671. The van der Waals surface area contributed by atoms with E-state index in [1.165, 1.54) is 6.92 Å². The van der Waals surface area contributed by atoms with Crippen LogP contribution < -0.4 is 10.5 Å². The molecule has 0 aromatic heterocycles. The van der Waals surface area contributed by atoms with E-state index in [9.17, 15) is 4.79 Å². The zero-order valence-corrected chi connectivity index (χ0v) is 11.7. The number of carbonyl (C=O) groups is 1. The van der Waals surface area contributed by atoms with E-state index in [2.05, 4.69) is 15.9 Å². The molecule has 0 aliphatic rings. The standard InChI is InChI=1S/C12H16BrNO3/c1-7(16-3)6-17-12-10(8(2)15)4-9(13)5-11(12)14/h4-5,7H,6,14H2,1-3H3. The Hall–Kier alpha value is -1.07. The van der Waals surface area contributed by atoms with Crippen molar-refractivity contribution >= 4 is 27.4 Å². The normalized spacial score (nSPS) is 12.2. The lowest BCUT2D eigenvalue weighted by molar-refractivity contribution is 0.0711. The molecule has 2 N–H and O–H groups in total. The zero-order valence-electron chi connectivity index (χ0n) is 10.1. The van der Waals surface area contributed by atoms with Gasteiger partial charge in [0.25, 0.3) is 0 Å². The summed E-state index contributed by atoms with van der Waals surface area (Å²) in [7, 11) is 1.60. The van der Waals surface area contributed by atoms with Crippen molar-refractivity contribution in [2.75, 3.05) is 19.5 Å². The highest BCUT2D eigenvalue weighted by Crippen LogP contribution is 2.31. The van der Waals surface area contributed by atoms with Crippen molar-refractivity contribution in [2.45, 2.75) is 20.0 Å². The molecule has 5 heteroatoms. The largest absolute Gasteiger partial charge is 0.488 e. The van der Waals surface area contributed by atoms with Crippen LogP contribution in [0.15, 0.2) is 16.6 Å². The number of halogens is 1. The molecule has 0 amide bonds. The van der Waals surface area contributed by atoms with Crippen molar-refractivity contribution < 1.29 is 14.3 Å². The lowest BCUT2D eigenvalue weighted by Gasteiger charge is -2.15. The molecule has 0 saturated carbocycles. The third-order valence-electron chi connectivity index (χ3n) is 2.33. The molecule has 0 spiro atoms. The Morgan fingerprint density at radius 1 is 1.53 bits per heavy atom. The maximum atomic E-state index is 11.5. The number of hydrogen-bond donors (Lipinski definition) is 1. The molecule has 4 nitrogen and oxygen atoms in total. The average molecular weight is 302 g/mol. The molecule has 1 unspecified atom stereocenters. The predicted molar refractivity (Wildman–Crippen MR) is 70.5 cm³/mol. The van der Waals surface area contributed by atoms with E-state index < -0.39 is 0 Å². The monoisotopic (exact) mass is 301 g/mol. The number of rotatable bonds is 5. The van der Waals surface area contributed by atoms with E-state index in [1.54, 1.807) is 19.2 Å². The molecular formula is C12H16BrNO3. The number of nitrogens with two attached hydrogens (primary N) is 1. The van der Waals surface area contributed by atoms with Gasteiger partial charge in [-0.3, -0.25) is 4.79 Å². The Morgan fingerprint density at radius 2 is 2.18 bits per heavy atom. The summed E-state index contributed by atoms with van der Waals surface area (Å²) in [6.07, 6.45) is -0.0575. The average Bonchev–Trinajstić information content (AvgIpc) is 2.26. The molecule has 1 aromatic carbocycles. The fraction of sp³-hybridized carbons (Fsp3) is 0.417. The number of ether oxygens (including phenoxy) is 2. The van der Waals surface area contributed by atoms with Gasteiger partial charge in [0, 0.05) is 11.6 Å². The number of anilines is 1. The number of ketones is 1. The molecule has 0 fully saturated rings. The van der Waals surface area contributed by atoms with E-state index in [0.717, 1.165) is 4.47 Å². The highest BCUT2D eigenvalue weighted by molar-refractivity contribution is 9.10. The summed E-state index contributed by atoms with van der Waals surface area (Å²) in [5, 5.41) is 0. The van der Waals surface area contributed by atoms with Crippen LogP contribution in [-0.2, 0) is 4.74 Å². The van der Waals surface area contributed by atoms with Crippen LogP contribution in [-0.4, -0.2) is 25.6 Å². The predicted octanol–water partition coefficient (Wildman–Crippen LogP) is 2.65. The SMILES string of the molecule is COC(C)COc1c(N)cc(Br)cc1C(C)=O. The first kappa shape index (κ1) is 14.0. The third-order valence-corrected chi connectivity index (χ3v) is 2.78. The van der Waals surface area contributed by atoms with Crippen LogP contribution >= 0.6 is 15.9 Å². The van der Waals surface area contributed by atoms with E-state index in [-0.39, 0.29) is 11.9 Å². The van der Waals surface area contributed by atoms with Gasteiger partial charge in [-0.2, -0.15) is 0 Å². The molecule has 17 heavy (non-hydrogen) atoms. The van der Waals surface area contributed by atoms with Gasteiger partial charge in [-0.25, -0.2) is 0 Å². The van der Waals surface area contributed by atoms with Gasteiger partial charge in [-0.15, -0.1) is 0 Å². The van der Waals surface area contributed by atoms with Gasteiger partial charge in [0.05, 0.1) is 17.4 Å². The highest BCUT2D eigenvalue weighted by atomic mass is 79.9. The summed E-state index contributed by atoms with van der Waals surface area (Å²) < 4.78 is 11.4. The van der Waals surface area contributed by atoms with Gasteiger partial charge in [-0.1, -0.05) is 15.9 Å². The Morgan fingerprint density at radius 3 is 2.71 bits per heavy atom. The lowest BCUT2D eigenvalue weighted by atomic mass is 10.1. The Kier molecular flexibility index (Phi) is 4.96. The first-order valence-electron chi connectivity index (χ1n) is 5.21. The van der Waals surface area contributed by atoms with Crippen molar-refractivity contribution in [2.24, 2.45) is 0 Å². The number of hydrogen-bond acceptors (Lipinski definition) is 4. The number of nitrogen functional groups attached to an aromatic ring is 1. The lowest BCUT2D eigenvalue weighted by Crippen LogP contribution is -2.17. The molecule has 1 rings (SSSR count). The van der Waals surface area contributed by atoms with Crippen molar-refractivity contribution in [3.63, 3.8) is 0 Å². The van der Waals surface area contributed by atoms with Gasteiger partial charge in [-0.05, 0) is 26.0 Å². The van der Waals surface area contributed by atoms with E-state index in [0.29, 0.717) is 23.6 Å². The summed E-state index contributed by atoms with van der Waals surface area (Å²) in [6.45, 7) is 3.71. The van der Waals surface area contributed by atoms with Crippen molar-refractivity contribution in [3.8, 4) is 5.75 Å². The fourth-order valence-electron chi connectivity index (χ4n) is 1.31. The van der Waals surface area contributed by atoms with Crippen LogP contribution in [0.2, 0.25) is 0 Å². The van der Waals surface area contributed by atoms with Crippen molar-refractivity contribution in [1.29, 1.82) is 0 Å². The minimum Gasteiger partial charge on any atom is -0.488 e. The highest BCUT2D eigenvalue weighted by Gasteiger charge is 2.14. The number of carbonyl (C=O) groups excluding carboxylic acids is 1. The molecule has 0 saturated heterocycles. The van der Waals surface area contributed by atoms with E-state index in [1.807, 2.05) is 6.92 Å². The molecule has 0 bridgehead atoms. The summed E-state index contributed by atoms with van der Waals surface area (Å²) in [5.74, 6) is 0.336. The molecule has 0 radical (unpaired) electrons. The smallest absolute Gasteiger partial charge is 0.163 e. The molecule has 1 aromatic rings. The van der Waals surface area contributed by atoms with Crippen LogP contribution in [0, 0.1) is 0 Å². The topological polar surface area (TPSA) is 61.6 Å². The van der Waals surface area contributed by atoms with Gasteiger partial charge >= 0.3 is 0 Å². The second-order valence-electron chi connectivity index (χ2n) is 3.79. The first-order chi connectivity index (χ1) is 7.95. The van der Waals surface area contributed by atoms with Crippen LogP contribution in [0.3, 0.4) is 0 Å². The Labute approximate surface area is 109 Å². The minimum atomic E-state index is -0.0851. The minimum absolute atomic E-state index is 0.0575. The van der Waals surface area contributed by atoms with Crippen molar-refractivity contribution in [3.05, 3.63) is 22.2 Å². The first-order valence-corrected chi connectivity index (χ1v) is 6.00. The summed E-state index contributed by atoms with van der Waals surface area (Å²) in [5.41, 5.74) is 6.75. The summed E-state index contributed by atoms with van der Waals surface area (Å²) in [4.78, 5) is 11.5. The zero-order chi connectivity index (χ0) is 13.0. The fourth-order valence-corrected chi connectivity index (χ4v) is 1.78. The Bertz CT molecular complexity index is 420. The molecule has 0 heterocycles. The maximum absolute atomic E-state index is 11.5.